The highest BCUT2D eigenvalue weighted by Gasteiger charge is 2.21. The molecule has 1 amide bonds. The van der Waals surface area contributed by atoms with Gasteiger partial charge in [-0.05, 0) is 44.0 Å². The zero-order valence-electron chi connectivity index (χ0n) is 16.6. The first-order chi connectivity index (χ1) is 14.5. The van der Waals surface area contributed by atoms with Crippen molar-refractivity contribution in [3.05, 3.63) is 59.5 Å². The van der Waals surface area contributed by atoms with Crippen molar-refractivity contribution >= 4 is 17.3 Å². The molecule has 1 saturated heterocycles. The van der Waals surface area contributed by atoms with E-state index in [1.165, 1.54) is 0 Å². The molecule has 0 unspecified atom stereocenters. The largest absolute Gasteiger partial charge is 0.421 e. The Bertz CT molecular complexity index is 1020. The van der Waals surface area contributed by atoms with Gasteiger partial charge in [-0.3, -0.25) is 4.79 Å². The summed E-state index contributed by atoms with van der Waals surface area (Å²) in [5.41, 5.74) is 1.98. The molecule has 6 nitrogen and oxygen atoms in total. The second kappa shape index (κ2) is 8.61. The zero-order valence-corrected chi connectivity index (χ0v) is 16.6. The van der Waals surface area contributed by atoms with Gasteiger partial charge < -0.3 is 14.6 Å². The van der Waals surface area contributed by atoms with Crippen molar-refractivity contribution in [2.45, 2.75) is 32.6 Å². The fourth-order valence-corrected chi connectivity index (χ4v) is 3.49. The van der Waals surface area contributed by atoms with Crippen molar-refractivity contribution in [2.24, 2.45) is 0 Å². The lowest BCUT2D eigenvalue weighted by atomic mass is 10.1. The molecule has 1 aliphatic rings. The fourth-order valence-electron chi connectivity index (χ4n) is 3.49. The third-order valence-electron chi connectivity index (χ3n) is 5.05. The highest BCUT2D eigenvalue weighted by Crippen LogP contribution is 2.29. The Morgan fingerprint density at radius 2 is 1.77 bits per heavy atom. The maximum atomic E-state index is 14.4. The van der Waals surface area contributed by atoms with Crippen LogP contribution < -0.4 is 10.2 Å². The van der Waals surface area contributed by atoms with Crippen LogP contribution in [0.25, 0.3) is 11.5 Å². The smallest absolute Gasteiger partial charge is 0.247 e. The predicted octanol–water partition coefficient (Wildman–Crippen LogP) is 4.49. The molecule has 0 atom stereocenters. The van der Waals surface area contributed by atoms with Gasteiger partial charge in [0.25, 0.3) is 0 Å². The predicted molar refractivity (Wildman–Crippen MR) is 109 cm³/mol. The molecule has 0 radical (unpaired) electrons. The molecule has 2 aromatic carbocycles. The van der Waals surface area contributed by atoms with Gasteiger partial charge in [-0.15, -0.1) is 10.2 Å². The lowest BCUT2D eigenvalue weighted by Crippen LogP contribution is -2.21. The van der Waals surface area contributed by atoms with Gasteiger partial charge in [0.15, 0.2) is 11.6 Å². The van der Waals surface area contributed by atoms with Crippen LogP contribution in [0.4, 0.5) is 20.2 Å². The summed E-state index contributed by atoms with van der Waals surface area (Å²) in [5.74, 6) is -1.04. The summed E-state index contributed by atoms with van der Waals surface area (Å²) in [5, 5.41) is 10.5. The van der Waals surface area contributed by atoms with Gasteiger partial charge >= 0.3 is 0 Å². The molecule has 156 valence electrons. The van der Waals surface area contributed by atoms with Gasteiger partial charge in [0.1, 0.15) is 5.69 Å². The average molecular weight is 412 g/mol. The van der Waals surface area contributed by atoms with E-state index < -0.39 is 17.5 Å². The van der Waals surface area contributed by atoms with Crippen LogP contribution in [0.3, 0.4) is 0 Å². The number of halogens is 2. The molecule has 1 aliphatic heterocycles. The van der Waals surface area contributed by atoms with Crippen molar-refractivity contribution in [3.63, 3.8) is 0 Å². The van der Waals surface area contributed by atoms with Crippen LogP contribution in [-0.4, -0.2) is 29.2 Å². The van der Waals surface area contributed by atoms with E-state index in [9.17, 15) is 13.6 Å². The van der Waals surface area contributed by atoms with E-state index in [0.717, 1.165) is 36.1 Å². The molecular formula is C22H22F2N4O2. The minimum absolute atomic E-state index is 0.0278. The lowest BCUT2D eigenvalue weighted by molar-refractivity contribution is -0.116. The number of rotatable bonds is 6. The standard InChI is InChI=1S/C22H22F2N4O2/c1-14-4-6-15(7-5-14)22-27-26-20(30-22)9-8-19(29)25-16-12-17(23)21(18(24)13-16)28-10-2-3-11-28/h4-7,12-13H,2-3,8-11H2,1H3,(H,25,29). The van der Waals surface area contributed by atoms with Gasteiger partial charge in [0.05, 0.1) is 0 Å². The number of amides is 1. The van der Waals surface area contributed by atoms with Crippen LogP contribution in [0.15, 0.2) is 40.8 Å². The molecule has 1 aromatic heterocycles. The summed E-state index contributed by atoms with van der Waals surface area (Å²) in [7, 11) is 0. The summed E-state index contributed by atoms with van der Waals surface area (Å²) in [4.78, 5) is 13.9. The molecule has 0 aliphatic carbocycles. The van der Waals surface area contributed by atoms with E-state index in [0.29, 0.717) is 24.9 Å². The molecule has 8 heteroatoms. The summed E-state index contributed by atoms with van der Waals surface area (Å²) in [6, 6.07) is 9.95. The first-order valence-electron chi connectivity index (χ1n) is 9.93. The summed E-state index contributed by atoms with van der Waals surface area (Å²) >= 11 is 0. The number of hydrogen-bond acceptors (Lipinski definition) is 5. The number of nitrogens with zero attached hydrogens (tertiary/aromatic N) is 3. The van der Waals surface area contributed by atoms with E-state index in [2.05, 4.69) is 15.5 Å². The van der Waals surface area contributed by atoms with Crippen molar-refractivity contribution < 1.29 is 18.0 Å². The van der Waals surface area contributed by atoms with E-state index in [-0.39, 0.29) is 24.2 Å². The first-order valence-corrected chi connectivity index (χ1v) is 9.93. The Hall–Kier alpha value is -3.29. The lowest BCUT2D eigenvalue weighted by Gasteiger charge is -2.19. The molecule has 2 heterocycles. The summed E-state index contributed by atoms with van der Waals surface area (Å²) < 4.78 is 34.4. The van der Waals surface area contributed by atoms with Crippen LogP contribution >= 0.6 is 0 Å². The Balaban J connectivity index is 1.35. The first kappa shape index (κ1) is 20.0. The fraction of sp³-hybridized carbons (Fsp3) is 0.318. The molecule has 1 N–H and O–H groups in total. The second-order valence-electron chi connectivity index (χ2n) is 7.40. The number of benzene rings is 2. The third kappa shape index (κ3) is 4.48. The Morgan fingerprint density at radius 3 is 2.43 bits per heavy atom. The Morgan fingerprint density at radius 1 is 1.10 bits per heavy atom. The highest BCUT2D eigenvalue weighted by molar-refractivity contribution is 5.91. The van der Waals surface area contributed by atoms with Crippen molar-refractivity contribution in [3.8, 4) is 11.5 Å². The molecule has 30 heavy (non-hydrogen) atoms. The Labute approximate surface area is 172 Å². The zero-order chi connectivity index (χ0) is 21.1. The second-order valence-corrected chi connectivity index (χ2v) is 7.40. The average Bonchev–Trinajstić information content (AvgIpc) is 3.39. The topological polar surface area (TPSA) is 71.3 Å². The SMILES string of the molecule is Cc1ccc(-c2nnc(CCC(=O)Nc3cc(F)c(N4CCCC4)c(F)c3)o2)cc1. The normalized spacial score (nSPS) is 13.6. The maximum Gasteiger partial charge on any atom is 0.247 e. The van der Waals surface area contributed by atoms with E-state index >= 15 is 0 Å². The third-order valence-corrected chi connectivity index (χ3v) is 5.05. The van der Waals surface area contributed by atoms with E-state index in [4.69, 9.17) is 4.42 Å². The molecule has 0 saturated carbocycles. The van der Waals surface area contributed by atoms with Crippen molar-refractivity contribution in [1.29, 1.82) is 0 Å². The number of aryl methyl sites for hydroxylation is 2. The Kier molecular flexibility index (Phi) is 5.74. The minimum atomic E-state index is -0.674. The summed E-state index contributed by atoms with van der Waals surface area (Å²) in [6.07, 6.45) is 2.10. The molecule has 1 fully saturated rings. The number of carbonyl (C=O) groups excluding carboxylic acids is 1. The molecule has 4 rings (SSSR count). The van der Waals surface area contributed by atoms with Gasteiger partial charge in [-0.25, -0.2) is 8.78 Å². The van der Waals surface area contributed by atoms with Crippen molar-refractivity contribution in [2.75, 3.05) is 23.3 Å². The van der Waals surface area contributed by atoms with E-state index in [1.807, 2.05) is 31.2 Å². The quantitative estimate of drug-likeness (QED) is 0.646. The van der Waals surface area contributed by atoms with Gasteiger partial charge in [0.2, 0.25) is 17.7 Å². The number of carbonyl (C=O) groups is 1. The van der Waals surface area contributed by atoms with Crippen LogP contribution in [0.1, 0.15) is 30.7 Å². The van der Waals surface area contributed by atoms with E-state index in [1.54, 1.807) is 4.90 Å². The number of nitrogens with one attached hydrogen (secondary N) is 1. The van der Waals surface area contributed by atoms with Crippen LogP contribution in [0.2, 0.25) is 0 Å². The minimum Gasteiger partial charge on any atom is -0.421 e. The number of anilines is 2. The number of hydrogen-bond donors (Lipinski definition) is 1. The van der Waals surface area contributed by atoms with Crippen LogP contribution in [0.5, 0.6) is 0 Å². The molecule has 3 aromatic rings. The maximum absolute atomic E-state index is 14.4. The van der Waals surface area contributed by atoms with Crippen molar-refractivity contribution in [1.82, 2.24) is 10.2 Å². The van der Waals surface area contributed by atoms with Crippen LogP contribution in [-0.2, 0) is 11.2 Å². The monoisotopic (exact) mass is 412 g/mol. The molecular weight excluding hydrogens is 390 g/mol. The highest BCUT2D eigenvalue weighted by atomic mass is 19.1. The number of aromatic nitrogens is 2. The van der Waals surface area contributed by atoms with Gasteiger partial charge in [-0.1, -0.05) is 17.7 Å². The molecule has 0 spiro atoms. The van der Waals surface area contributed by atoms with Crippen LogP contribution in [0, 0.1) is 18.6 Å². The van der Waals surface area contributed by atoms with Gasteiger partial charge in [-0.2, -0.15) is 0 Å². The van der Waals surface area contributed by atoms with Gasteiger partial charge in [0, 0.05) is 37.2 Å². The molecule has 0 bridgehead atoms. The summed E-state index contributed by atoms with van der Waals surface area (Å²) in [6.45, 7) is 3.25.